The maximum atomic E-state index is 11.2. The summed E-state index contributed by atoms with van der Waals surface area (Å²) in [6, 6.07) is 7.10. The van der Waals surface area contributed by atoms with Gasteiger partial charge in [-0.15, -0.1) is 0 Å². The Labute approximate surface area is 112 Å². The zero-order valence-electron chi connectivity index (χ0n) is 10.7. The highest BCUT2D eigenvalue weighted by molar-refractivity contribution is 5.94. The number of guanidine groups is 1. The van der Waals surface area contributed by atoms with Crippen LogP contribution in [-0.4, -0.2) is 25.0 Å². The number of carbonyl (C=O) groups excluding carboxylic acids is 1. The molecule has 0 heterocycles. The lowest BCUT2D eigenvalue weighted by atomic mass is 10.1. The lowest BCUT2D eigenvalue weighted by molar-refractivity contribution is 0.0990. The fourth-order valence-corrected chi connectivity index (χ4v) is 1.53. The van der Waals surface area contributed by atoms with Gasteiger partial charge in [0, 0.05) is 12.1 Å². The van der Waals surface area contributed by atoms with Crippen LogP contribution in [0.25, 0.3) is 0 Å². The molecule has 1 rings (SSSR count). The Bertz CT molecular complexity index is 434. The monoisotopic (exact) mass is 263 g/mol. The molecule has 1 amide bonds. The Morgan fingerprint density at radius 3 is 2.79 bits per heavy atom. The van der Waals surface area contributed by atoms with E-state index in [1.54, 1.807) is 12.1 Å². The molecule has 6 nitrogen and oxygen atoms in total. The summed E-state index contributed by atoms with van der Waals surface area (Å²) in [5.74, 6) is -0.487. The average molecular weight is 263 g/mol. The molecule has 0 aromatic heterocycles. The highest BCUT2D eigenvalue weighted by atomic mass is 16.5. The zero-order chi connectivity index (χ0) is 14.1. The topological polar surface area (TPSA) is 114 Å². The molecule has 0 unspecified atom stereocenters. The number of carbonyl (C=O) groups is 1. The first-order valence-corrected chi connectivity index (χ1v) is 5.96. The number of amides is 1. The molecular weight excluding hydrogens is 244 g/mol. The zero-order valence-corrected chi connectivity index (χ0v) is 10.7. The highest BCUT2D eigenvalue weighted by Gasteiger charge is 2.06. The van der Waals surface area contributed by atoms with Crippen LogP contribution in [0, 0.1) is 11.8 Å². The van der Waals surface area contributed by atoms with E-state index in [-0.39, 0.29) is 5.96 Å². The summed E-state index contributed by atoms with van der Waals surface area (Å²) < 4.78 is 5.44. The van der Waals surface area contributed by atoms with Gasteiger partial charge in [0.2, 0.25) is 5.91 Å². The molecule has 0 saturated heterocycles. The second-order valence-corrected chi connectivity index (χ2v) is 3.95. The van der Waals surface area contributed by atoms with Crippen molar-refractivity contribution in [2.45, 2.75) is 13.0 Å². The maximum absolute atomic E-state index is 11.2. The van der Waals surface area contributed by atoms with Crippen LogP contribution in [-0.2, 0) is 11.3 Å². The van der Waals surface area contributed by atoms with E-state index in [0.717, 1.165) is 12.0 Å². The molecular formula is C13H19N4O2. The summed E-state index contributed by atoms with van der Waals surface area (Å²) in [5, 5.41) is 9.66. The Balaban J connectivity index is 2.23. The van der Waals surface area contributed by atoms with Crippen LogP contribution in [0.3, 0.4) is 0 Å². The Kier molecular flexibility index (Phi) is 6.38. The predicted octanol–water partition coefficient (Wildman–Crippen LogP) is 0.380. The van der Waals surface area contributed by atoms with Crippen molar-refractivity contribution in [1.29, 1.82) is 5.41 Å². The largest absolute Gasteiger partial charge is 0.376 e. The van der Waals surface area contributed by atoms with E-state index in [0.29, 0.717) is 25.3 Å². The molecule has 19 heavy (non-hydrogen) atoms. The molecule has 1 radical (unpaired) electrons. The number of ether oxygens (including phenoxy) is 1. The second-order valence-electron chi connectivity index (χ2n) is 3.95. The first-order valence-electron chi connectivity index (χ1n) is 5.96. The van der Waals surface area contributed by atoms with Crippen molar-refractivity contribution in [3.63, 3.8) is 0 Å². The Hall–Kier alpha value is -2.08. The molecule has 0 aliphatic carbocycles. The standard InChI is InChI=1S/C13H19N4O2/c14-12(18)11-6-2-1-5-10(11)9-19-8-4-3-7-17-13(15)16/h1-2,4-6H,3,7-9H2,(H2,14,18)(H4,15,16,17). The minimum absolute atomic E-state index is 0.0373. The van der Waals surface area contributed by atoms with E-state index in [9.17, 15) is 4.79 Å². The summed E-state index contributed by atoms with van der Waals surface area (Å²) >= 11 is 0. The molecule has 0 bridgehead atoms. The SMILES string of the molecule is N=C(N)NCC[CH]COCc1ccccc1C(N)=O. The fraction of sp³-hybridized carbons (Fsp3) is 0.308. The molecule has 103 valence electrons. The van der Waals surface area contributed by atoms with E-state index >= 15 is 0 Å². The van der Waals surface area contributed by atoms with Crippen molar-refractivity contribution < 1.29 is 9.53 Å². The smallest absolute Gasteiger partial charge is 0.249 e. The number of rotatable bonds is 8. The maximum Gasteiger partial charge on any atom is 0.249 e. The van der Waals surface area contributed by atoms with Crippen molar-refractivity contribution in [3.8, 4) is 0 Å². The summed E-state index contributed by atoms with van der Waals surface area (Å²) in [4.78, 5) is 11.2. The molecule has 6 N–H and O–H groups in total. The quantitative estimate of drug-likeness (QED) is 0.308. The van der Waals surface area contributed by atoms with E-state index in [1.807, 2.05) is 18.6 Å². The number of nitrogens with one attached hydrogen (secondary N) is 2. The van der Waals surface area contributed by atoms with Gasteiger partial charge in [0.15, 0.2) is 5.96 Å². The Morgan fingerprint density at radius 2 is 2.11 bits per heavy atom. The molecule has 1 aromatic rings. The van der Waals surface area contributed by atoms with E-state index in [4.69, 9.17) is 21.6 Å². The molecule has 6 heteroatoms. The third-order valence-corrected chi connectivity index (χ3v) is 2.44. The van der Waals surface area contributed by atoms with Crippen LogP contribution in [0.4, 0.5) is 0 Å². The van der Waals surface area contributed by atoms with Crippen molar-refractivity contribution >= 4 is 11.9 Å². The lowest BCUT2D eigenvalue weighted by Gasteiger charge is -2.08. The van der Waals surface area contributed by atoms with Crippen LogP contribution in [0.5, 0.6) is 0 Å². The van der Waals surface area contributed by atoms with E-state index in [2.05, 4.69) is 5.32 Å². The predicted molar refractivity (Wildman–Crippen MR) is 73.4 cm³/mol. The highest BCUT2D eigenvalue weighted by Crippen LogP contribution is 2.09. The van der Waals surface area contributed by atoms with Crippen molar-refractivity contribution in [2.75, 3.05) is 13.2 Å². The molecule has 1 aromatic carbocycles. The van der Waals surface area contributed by atoms with E-state index < -0.39 is 5.91 Å². The third kappa shape index (κ3) is 5.87. The van der Waals surface area contributed by atoms with Gasteiger partial charge >= 0.3 is 0 Å². The minimum atomic E-state index is -0.450. The van der Waals surface area contributed by atoms with Gasteiger partial charge in [0.25, 0.3) is 0 Å². The van der Waals surface area contributed by atoms with Gasteiger partial charge in [0.1, 0.15) is 0 Å². The number of hydrogen-bond acceptors (Lipinski definition) is 3. The van der Waals surface area contributed by atoms with Crippen LogP contribution < -0.4 is 16.8 Å². The summed E-state index contributed by atoms with van der Waals surface area (Å²) in [5.41, 5.74) is 11.7. The van der Waals surface area contributed by atoms with Crippen LogP contribution in [0.15, 0.2) is 24.3 Å². The molecule has 0 spiro atoms. The number of primary amides is 1. The number of unbranched alkanes of at least 4 members (excludes halogenated alkanes) is 1. The molecule has 0 saturated carbocycles. The van der Waals surface area contributed by atoms with Gasteiger partial charge in [-0.3, -0.25) is 10.2 Å². The van der Waals surface area contributed by atoms with Crippen molar-refractivity contribution in [1.82, 2.24) is 5.32 Å². The van der Waals surface area contributed by atoms with Gasteiger partial charge in [0.05, 0.1) is 13.2 Å². The molecule has 0 atom stereocenters. The number of nitrogens with two attached hydrogens (primary N) is 2. The second kappa shape index (κ2) is 8.10. The first-order chi connectivity index (χ1) is 9.11. The van der Waals surface area contributed by atoms with Crippen molar-refractivity contribution in [3.05, 3.63) is 41.8 Å². The third-order valence-electron chi connectivity index (χ3n) is 2.44. The van der Waals surface area contributed by atoms with Gasteiger partial charge < -0.3 is 21.5 Å². The summed E-state index contributed by atoms with van der Waals surface area (Å²) in [6.07, 6.45) is 2.68. The number of hydrogen-bond donors (Lipinski definition) is 4. The van der Waals surface area contributed by atoms with Crippen molar-refractivity contribution in [2.24, 2.45) is 11.5 Å². The minimum Gasteiger partial charge on any atom is -0.376 e. The Morgan fingerprint density at radius 1 is 1.37 bits per heavy atom. The van der Waals surface area contributed by atoms with Gasteiger partial charge in [-0.2, -0.15) is 0 Å². The summed E-state index contributed by atoms with van der Waals surface area (Å²) in [7, 11) is 0. The van der Waals surface area contributed by atoms with Gasteiger partial charge in [-0.1, -0.05) is 18.2 Å². The summed E-state index contributed by atoms with van der Waals surface area (Å²) in [6.45, 7) is 1.42. The molecule has 0 aliphatic rings. The number of benzene rings is 1. The molecule has 0 aliphatic heterocycles. The van der Waals surface area contributed by atoms with Crippen LogP contribution >= 0.6 is 0 Å². The van der Waals surface area contributed by atoms with E-state index in [1.165, 1.54) is 0 Å². The van der Waals surface area contributed by atoms with Crippen LogP contribution in [0.2, 0.25) is 0 Å². The lowest BCUT2D eigenvalue weighted by Crippen LogP contribution is -2.31. The van der Waals surface area contributed by atoms with Crippen LogP contribution in [0.1, 0.15) is 22.3 Å². The molecule has 0 fully saturated rings. The normalized spacial score (nSPS) is 10.1. The average Bonchev–Trinajstić information content (AvgIpc) is 2.37. The fourth-order valence-electron chi connectivity index (χ4n) is 1.53. The van der Waals surface area contributed by atoms with Gasteiger partial charge in [-0.05, 0) is 24.5 Å². The first kappa shape index (κ1) is 15.0. The van der Waals surface area contributed by atoms with Gasteiger partial charge in [-0.25, -0.2) is 0 Å².